The van der Waals surface area contributed by atoms with Crippen LogP contribution in [0.5, 0.6) is 0 Å². The summed E-state index contributed by atoms with van der Waals surface area (Å²) >= 11 is 0. The molecule has 1 aromatic carbocycles. The number of rotatable bonds is 5. The maximum Gasteiger partial charge on any atom is 0.420 e. The minimum atomic E-state index is -0.455. The summed E-state index contributed by atoms with van der Waals surface area (Å²) < 4.78 is 11.7. The molecule has 1 aliphatic heterocycles. The van der Waals surface area contributed by atoms with Gasteiger partial charge in [-0.3, -0.25) is 9.36 Å². The zero-order valence-corrected chi connectivity index (χ0v) is 15.2. The van der Waals surface area contributed by atoms with Gasteiger partial charge < -0.3 is 14.1 Å². The van der Waals surface area contributed by atoms with Crippen molar-refractivity contribution in [1.29, 1.82) is 0 Å². The third-order valence-corrected chi connectivity index (χ3v) is 4.96. The van der Waals surface area contributed by atoms with Crippen LogP contribution in [0.2, 0.25) is 0 Å². The Bertz CT molecular complexity index is 858. The molecule has 1 aliphatic rings. The second-order valence-corrected chi connectivity index (χ2v) is 6.63. The Morgan fingerprint density at radius 1 is 1.27 bits per heavy atom. The van der Waals surface area contributed by atoms with E-state index in [1.807, 2.05) is 4.90 Å². The van der Waals surface area contributed by atoms with Crippen LogP contribution in [0.3, 0.4) is 0 Å². The number of fused-ring (bicyclic) bond motifs is 1. The number of piperidine rings is 1. The number of amides is 1. The van der Waals surface area contributed by atoms with E-state index in [0.29, 0.717) is 49.0 Å². The molecular formula is C19H24N2O5. The molecule has 7 heteroatoms. The minimum Gasteiger partial charge on any atom is -0.465 e. The Morgan fingerprint density at radius 3 is 2.65 bits per heavy atom. The normalized spacial score (nSPS) is 15.4. The van der Waals surface area contributed by atoms with Crippen molar-refractivity contribution in [2.24, 2.45) is 0 Å². The molecule has 1 aromatic heterocycles. The number of unbranched alkanes of at least 4 members (excludes halogenated alkanes) is 1. The molecule has 140 valence electrons. The van der Waals surface area contributed by atoms with Crippen molar-refractivity contribution < 1.29 is 18.7 Å². The zero-order valence-electron chi connectivity index (χ0n) is 15.2. The molecule has 1 fully saturated rings. The highest BCUT2D eigenvalue weighted by molar-refractivity contribution is 5.93. The number of aromatic nitrogens is 1. The number of ether oxygens (including phenoxy) is 1. The van der Waals surface area contributed by atoms with Crippen molar-refractivity contribution in [2.45, 2.75) is 45.1 Å². The van der Waals surface area contributed by atoms with Gasteiger partial charge in [-0.2, -0.15) is 0 Å². The average Bonchev–Trinajstić information content (AvgIpc) is 3.00. The fourth-order valence-corrected chi connectivity index (χ4v) is 3.48. The number of hydrogen-bond acceptors (Lipinski definition) is 5. The number of oxazole rings is 1. The largest absolute Gasteiger partial charge is 0.465 e. The van der Waals surface area contributed by atoms with E-state index in [0.717, 1.165) is 12.8 Å². The molecule has 1 saturated heterocycles. The molecule has 26 heavy (non-hydrogen) atoms. The van der Waals surface area contributed by atoms with Crippen LogP contribution >= 0.6 is 0 Å². The lowest BCUT2D eigenvalue weighted by molar-refractivity contribution is -0.132. The van der Waals surface area contributed by atoms with Crippen LogP contribution in [0.4, 0.5) is 0 Å². The minimum absolute atomic E-state index is 0.0492. The highest BCUT2D eigenvalue weighted by Gasteiger charge is 2.27. The Kier molecular flexibility index (Phi) is 5.44. The predicted molar refractivity (Wildman–Crippen MR) is 96.2 cm³/mol. The van der Waals surface area contributed by atoms with Crippen LogP contribution in [0.1, 0.15) is 55.4 Å². The van der Waals surface area contributed by atoms with Gasteiger partial charge in [-0.15, -0.1) is 0 Å². The van der Waals surface area contributed by atoms with Crippen LogP contribution < -0.4 is 5.76 Å². The van der Waals surface area contributed by atoms with Crippen molar-refractivity contribution in [3.05, 3.63) is 34.3 Å². The second-order valence-electron chi connectivity index (χ2n) is 6.63. The van der Waals surface area contributed by atoms with Crippen molar-refractivity contribution in [3.63, 3.8) is 0 Å². The van der Waals surface area contributed by atoms with Crippen molar-refractivity contribution >= 4 is 23.0 Å². The summed E-state index contributed by atoms with van der Waals surface area (Å²) in [4.78, 5) is 38.2. The van der Waals surface area contributed by atoms with Gasteiger partial charge in [0.05, 0.1) is 18.2 Å². The first kappa shape index (κ1) is 18.2. The van der Waals surface area contributed by atoms with E-state index >= 15 is 0 Å². The van der Waals surface area contributed by atoms with Gasteiger partial charge >= 0.3 is 11.7 Å². The quantitative estimate of drug-likeness (QED) is 0.766. The molecule has 0 unspecified atom stereocenters. The summed E-state index contributed by atoms with van der Waals surface area (Å²) in [6.07, 6.45) is 3.87. The number of esters is 1. The highest BCUT2D eigenvalue weighted by atomic mass is 16.5. The third kappa shape index (κ3) is 3.52. The summed E-state index contributed by atoms with van der Waals surface area (Å²) in [5, 5.41) is 0. The van der Waals surface area contributed by atoms with Gasteiger partial charge in [-0.05, 0) is 37.5 Å². The smallest absolute Gasteiger partial charge is 0.420 e. The first-order chi connectivity index (χ1) is 12.5. The first-order valence-electron chi connectivity index (χ1n) is 9.06. The molecular weight excluding hydrogens is 336 g/mol. The van der Waals surface area contributed by atoms with Gasteiger partial charge in [0.15, 0.2) is 5.58 Å². The number of likely N-dealkylation sites (tertiary alicyclic amines) is 1. The van der Waals surface area contributed by atoms with E-state index in [1.54, 1.807) is 22.8 Å². The molecule has 0 radical (unpaired) electrons. The average molecular weight is 360 g/mol. The van der Waals surface area contributed by atoms with Crippen LogP contribution in [-0.2, 0) is 9.53 Å². The monoisotopic (exact) mass is 360 g/mol. The molecule has 0 bridgehead atoms. The standard InChI is InChI=1S/C19H24N2O5/c1-3-4-5-17(22)20-10-8-14(9-11-20)21-15-12-13(18(23)25-2)6-7-16(15)26-19(21)24/h6-7,12,14H,3-5,8-11H2,1-2H3. The van der Waals surface area contributed by atoms with Crippen LogP contribution in [0, 0.1) is 0 Å². The fourth-order valence-electron chi connectivity index (χ4n) is 3.48. The number of methoxy groups -OCH3 is 1. The molecule has 3 rings (SSSR count). The lowest BCUT2D eigenvalue weighted by Gasteiger charge is -2.32. The zero-order chi connectivity index (χ0) is 18.7. The van der Waals surface area contributed by atoms with Gasteiger partial charge in [0.1, 0.15) is 0 Å². The van der Waals surface area contributed by atoms with Gasteiger partial charge in [0, 0.05) is 25.6 Å². The molecule has 0 N–H and O–H groups in total. The predicted octanol–water partition coefficient (Wildman–Crippen LogP) is 2.73. The Morgan fingerprint density at radius 2 is 2.00 bits per heavy atom. The SMILES string of the molecule is CCCCC(=O)N1CCC(n2c(=O)oc3ccc(C(=O)OC)cc32)CC1. The van der Waals surface area contributed by atoms with E-state index in [9.17, 15) is 14.4 Å². The van der Waals surface area contributed by atoms with Crippen LogP contribution in [0.15, 0.2) is 27.4 Å². The maximum absolute atomic E-state index is 12.3. The second kappa shape index (κ2) is 7.76. The number of hydrogen-bond donors (Lipinski definition) is 0. The number of benzene rings is 1. The molecule has 7 nitrogen and oxygen atoms in total. The van der Waals surface area contributed by atoms with E-state index in [2.05, 4.69) is 6.92 Å². The fraction of sp³-hybridized carbons (Fsp3) is 0.526. The molecule has 2 heterocycles. The molecule has 2 aromatic rings. The highest BCUT2D eigenvalue weighted by Crippen LogP contribution is 2.27. The molecule has 0 aliphatic carbocycles. The summed E-state index contributed by atoms with van der Waals surface area (Å²) in [5.74, 6) is -0.705. The lowest BCUT2D eigenvalue weighted by atomic mass is 10.0. The van der Waals surface area contributed by atoms with E-state index < -0.39 is 11.7 Å². The van der Waals surface area contributed by atoms with Gasteiger partial charge in [-0.1, -0.05) is 13.3 Å². The van der Waals surface area contributed by atoms with E-state index in [-0.39, 0.29) is 11.9 Å². The molecule has 0 atom stereocenters. The van der Waals surface area contributed by atoms with Crippen LogP contribution in [0.25, 0.3) is 11.1 Å². The summed E-state index contributed by atoms with van der Waals surface area (Å²) in [6, 6.07) is 4.77. The first-order valence-corrected chi connectivity index (χ1v) is 9.06. The number of carbonyl (C=O) groups excluding carboxylic acids is 2. The Hall–Kier alpha value is -2.57. The van der Waals surface area contributed by atoms with Crippen molar-refractivity contribution in [3.8, 4) is 0 Å². The Labute approximate surface area is 151 Å². The molecule has 0 spiro atoms. The van der Waals surface area contributed by atoms with E-state index in [4.69, 9.17) is 9.15 Å². The number of nitrogens with zero attached hydrogens (tertiary/aromatic N) is 2. The molecule has 1 amide bonds. The van der Waals surface area contributed by atoms with Crippen LogP contribution in [-0.4, -0.2) is 41.5 Å². The summed E-state index contributed by atoms with van der Waals surface area (Å²) in [7, 11) is 1.32. The maximum atomic E-state index is 12.3. The number of carbonyl (C=O) groups is 2. The Balaban J connectivity index is 1.80. The summed E-state index contributed by atoms with van der Waals surface area (Å²) in [6.45, 7) is 3.32. The summed E-state index contributed by atoms with van der Waals surface area (Å²) in [5.41, 5.74) is 1.42. The van der Waals surface area contributed by atoms with Gasteiger partial charge in [0.25, 0.3) is 0 Å². The van der Waals surface area contributed by atoms with Crippen molar-refractivity contribution in [1.82, 2.24) is 9.47 Å². The lowest BCUT2D eigenvalue weighted by Crippen LogP contribution is -2.40. The van der Waals surface area contributed by atoms with Gasteiger partial charge in [-0.25, -0.2) is 9.59 Å². The van der Waals surface area contributed by atoms with Gasteiger partial charge in [0.2, 0.25) is 5.91 Å². The topological polar surface area (TPSA) is 81.8 Å². The van der Waals surface area contributed by atoms with Crippen molar-refractivity contribution in [2.75, 3.05) is 20.2 Å². The third-order valence-electron chi connectivity index (χ3n) is 4.96. The molecule has 0 saturated carbocycles. The van der Waals surface area contributed by atoms with E-state index in [1.165, 1.54) is 7.11 Å².